The van der Waals surface area contributed by atoms with Gasteiger partial charge in [0.15, 0.2) is 0 Å². The molecule has 0 heterocycles. The van der Waals surface area contributed by atoms with E-state index in [0.717, 1.165) is 56.9 Å². The Morgan fingerprint density at radius 1 is 1.00 bits per heavy atom. The number of fused-ring (bicyclic) bond motifs is 4. The molecule has 0 saturated heterocycles. The van der Waals surface area contributed by atoms with Crippen molar-refractivity contribution in [3.63, 3.8) is 0 Å². The van der Waals surface area contributed by atoms with Crippen molar-refractivity contribution in [1.29, 1.82) is 0 Å². The third-order valence-corrected chi connectivity index (χ3v) is 11.7. The number of hydrogen-bond acceptors (Lipinski definition) is 3. The lowest BCUT2D eigenvalue weighted by atomic mass is 9.46. The number of aliphatic carboxylic acids is 1. The van der Waals surface area contributed by atoms with Gasteiger partial charge in [-0.15, -0.1) is 0 Å². The molecule has 7 heteroatoms. The zero-order valence-electron chi connectivity index (χ0n) is 25.6. The first-order valence-corrected chi connectivity index (χ1v) is 15.6. The lowest BCUT2D eigenvalue weighted by Gasteiger charge is -2.59. The average Bonchev–Trinajstić information content (AvgIpc) is 3.26. The molecule has 0 bridgehead atoms. The van der Waals surface area contributed by atoms with E-state index < -0.39 is 23.7 Å². The minimum atomic E-state index is -4.31. The highest BCUT2D eigenvalue weighted by Gasteiger charge is 2.58. The number of allylic oxidation sites excluding steroid dienone is 4. The van der Waals surface area contributed by atoms with Gasteiger partial charge in [0.2, 0.25) is 0 Å². The van der Waals surface area contributed by atoms with Gasteiger partial charge >= 0.3 is 18.1 Å². The van der Waals surface area contributed by atoms with Crippen LogP contribution < -0.4 is 0 Å². The van der Waals surface area contributed by atoms with Crippen molar-refractivity contribution in [2.24, 2.45) is 34.0 Å². The molecule has 0 amide bonds. The molecule has 1 aromatic carbocycles. The molecule has 4 aliphatic rings. The van der Waals surface area contributed by atoms with Gasteiger partial charge in [-0.05, 0) is 109 Å². The van der Waals surface area contributed by atoms with Crippen LogP contribution in [-0.4, -0.2) is 23.1 Å². The first-order chi connectivity index (χ1) is 19.6. The van der Waals surface area contributed by atoms with Gasteiger partial charge in [-0.2, -0.15) is 13.2 Å². The summed E-state index contributed by atoms with van der Waals surface area (Å²) in [5.41, 5.74) is 4.88. The minimum Gasteiger partial charge on any atom is -0.481 e. The quantitative estimate of drug-likeness (QED) is 0.324. The van der Waals surface area contributed by atoms with Gasteiger partial charge in [-0.25, -0.2) is 0 Å². The fourth-order valence-electron chi connectivity index (χ4n) is 9.54. The Morgan fingerprint density at radius 2 is 1.69 bits per heavy atom. The normalized spacial score (nSPS) is 32.8. The van der Waals surface area contributed by atoms with E-state index in [9.17, 15) is 22.8 Å². The van der Waals surface area contributed by atoms with Gasteiger partial charge in [-0.3, -0.25) is 9.59 Å². The fraction of sp³-hybridized carbons (Fsp3) is 0.657. The molecule has 1 aromatic rings. The van der Waals surface area contributed by atoms with Crippen LogP contribution >= 0.6 is 0 Å². The van der Waals surface area contributed by atoms with Crippen molar-refractivity contribution in [2.45, 2.75) is 111 Å². The Balaban J connectivity index is 1.31. The molecular formula is C35H45F3O4. The van der Waals surface area contributed by atoms with E-state index in [0.29, 0.717) is 17.8 Å². The van der Waals surface area contributed by atoms with E-state index >= 15 is 0 Å². The fourth-order valence-corrected chi connectivity index (χ4v) is 9.54. The Bertz CT molecular complexity index is 1290. The highest BCUT2D eigenvalue weighted by atomic mass is 19.4. The number of carboxylic acid groups (broad SMARTS) is 1. The van der Waals surface area contributed by atoms with Crippen LogP contribution in [0.4, 0.5) is 13.2 Å². The first kappa shape index (κ1) is 30.9. The summed E-state index contributed by atoms with van der Waals surface area (Å²) in [5, 5.41) is 8.95. The van der Waals surface area contributed by atoms with Crippen molar-refractivity contribution >= 4 is 11.9 Å². The van der Waals surface area contributed by atoms with Crippen molar-refractivity contribution in [3.8, 4) is 0 Å². The second-order valence-corrected chi connectivity index (χ2v) is 14.5. The van der Waals surface area contributed by atoms with Gasteiger partial charge in [0.1, 0.15) is 6.10 Å². The van der Waals surface area contributed by atoms with Crippen molar-refractivity contribution < 1.29 is 32.6 Å². The highest BCUT2D eigenvalue weighted by Crippen LogP contribution is 2.67. The zero-order chi connectivity index (χ0) is 30.7. The Kier molecular flexibility index (Phi) is 7.98. The van der Waals surface area contributed by atoms with Crippen LogP contribution in [0.3, 0.4) is 0 Å². The summed E-state index contributed by atoms with van der Waals surface area (Å²) < 4.78 is 45.0. The number of carbonyl (C=O) groups is 2. The van der Waals surface area contributed by atoms with Gasteiger partial charge < -0.3 is 9.84 Å². The second kappa shape index (κ2) is 10.9. The molecule has 4 nitrogen and oxygen atoms in total. The second-order valence-electron chi connectivity index (χ2n) is 14.5. The van der Waals surface area contributed by atoms with E-state index in [1.807, 2.05) is 0 Å². The summed E-state index contributed by atoms with van der Waals surface area (Å²) in [6.07, 6.45) is 5.32. The molecule has 1 N–H and O–H groups in total. The summed E-state index contributed by atoms with van der Waals surface area (Å²) in [6, 6.07) is 5.67. The summed E-state index contributed by atoms with van der Waals surface area (Å²) >= 11 is 0. The lowest BCUT2D eigenvalue weighted by molar-refractivity contribution is -0.170. The Hall–Kier alpha value is -2.57. The van der Waals surface area contributed by atoms with Crippen LogP contribution in [0.25, 0.3) is 0 Å². The van der Waals surface area contributed by atoms with E-state index in [4.69, 9.17) is 9.84 Å². The number of carboxylic acids is 1. The molecule has 5 rings (SSSR count). The summed E-state index contributed by atoms with van der Waals surface area (Å²) in [7, 11) is 0. The monoisotopic (exact) mass is 586 g/mol. The first-order valence-electron chi connectivity index (χ1n) is 15.6. The number of hydrogen-bond donors (Lipinski definition) is 1. The standard InChI is InChI=1S/C35H45F3O4/c1-21(20-22-6-8-23(9-7-22)35(36,37)38)25-11-12-26-24-10-13-28-32(2,3)29(42-31(41)15-14-30(39)40)17-19-34(28,5)27(24)16-18-33(25,26)4/h6-9,12,21,25,28-29H,10-11,13-20H2,1-5H3,(H,39,40)/t21-,25-,28+,29+,33-,34-/m1/s1. The molecule has 1 saturated carbocycles. The maximum Gasteiger partial charge on any atom is 0.416 e. The third kappa shape index (κ3) is 5.34. The number of esters is 1. The highest BCUT2D eigenvalue weighted by molar-refractivity contribution is 5.76. The third-order valence-electron chi connectivity index (χ3n) is 11.7. The van der Waals surface area contributed by atoms with Crippen LogP contribution in [-0.2, 0) is 26.9 Å². The predicted octanol–water partition coefficient (Wildman–Crippen LogP) is 8.94. The molecular weight excluding hydrogens is 541 g/mol. The molecule has 1 fully saturated rings. The Morgan fingerprint density at radius 3 is 2.33 bits per heavy atom. The van der Waals surface area contributed by atoms with E-state index in [1.54, 1.807) is 23.3 Å². The minimum absolute atomic E-state index is 0.0349. The number of alkyl halides is 3. The van der Waals surface area contributed by atoms with Crippen LogP contribution in [0.1, 0.15) is 104 Å². The largest absolute Gasteiger partial charge is 0.481 e. The summed E-state index contributed by atoms with van der Waals surface area (Å²) in [6.45, 7) is 11.5. The summed E-state index contributed by atoms with van der Waals surface area (Å²) in [4.78, 5) is 23.4. The molecule has 4 aliphatic carbocycles. The van der Waals surface area contributed by atoms with Crippen LogP contribution in [0.2, 0.25) is 0 Å². The van der Waals surface area contributed by atoms with Gasteiger partial charge in [0, 0.05) is 5.41 Å². The lowest BCUT2D eigenvalue weighted by Crippen LogP contribution is -2.54. The molecule has 230 valence electrons. The van der Waals surface area contributed by atoms with Crippen LogP contribution in [0.5, 0.6) is 0 Å². The maximum atomic E-state index is 13.0. The van der Waals surface area contributed by atoms with E-state index in [2.05, 4.69) is 40.7 Å². The zero-order valence-corrected chi connectivity index (χ0v) is 25.6. The van der Waals surface area contributed by atoms with Crippen molar-refractivity contribution in [1.82, 2.24) is 0 Å². The molecule has 0 aromatic heterocycles. The number of rotatable bonds is 7. The molecule has 0 aliphatic heterocycles. The number of ether oxygens (including phenoxy) is 1. The molecule has 0 unspecified atom stereocenters. The van der Waals surface area contributed by atoms with Gasteiger partial charge in [0.05, 0.1) is 18.4 Å². The van der Waals surface area contributed by atoms with E-state index in [-0.39, 0.29) is 35.2 Å². The molecule has 6 atom stereocenters. The topological polar surface area (TPSA) is 63.6 Å². The molecule has 42 heavy (non-hydrogen) atoms. The number of halogens is 3. The summed E-state index contributed by atoms with van der Waals surface area (Å²) in [5.74, 6) is -0.242. The van der Waals surface area contributed by atoms with E-state index in [1.165, 1.54) is 17.7 Å². The number of carbonyl (C=O) groups excluding carboxylic acids is 1. The predicted molar refractivity (Wildman–Crippen MR) is 155 cm³/mol. The van der Waals surface area contributed by atoms with Crippen molar-refractivity contribution in [3.05, 3.63) is 58.2 Å². The maximum absolute atomic E-state index is 13.0. The van der Waals surface area contributed by atoms with Gasteiger partial charge in [0.25, 0.3) is 0 Å². The number of benzene rings is 1. The average molecular weight is 587 g/mol. The molecule has 0 spiro atoms. The van der Waals surface area contributed by atoms with Crippen molar-refractivity contribution in [2.75, 3.05) is 0 Å². The Labute approximate surface area is 247 Å². The van der Waals surface area contributed by atoms with Crippen LogP contribution in [0, 0.1) is 34.0 Å². The van der Waals surface area contributed by atoms with Crippen LogP contribution in [0.15, 0.2) is 47.1 Å². The smallest absolute Gasteiger partial charge is 0.416 e. The molecule has 0 radical (unpaired) electrons. The van der Waals surface area contributed by atoms with Gasteiger partial charge in [-0.1, -0.05) is 58.4 Å². The SMILES string of the molecule is C[C@H](Cc1ccc(C(F)(F)F)cc1)[C@H]1CC=C2C3=C(CC[C@@]21C)[C@@]1(C)CC[C@H](OC(=O)CCC(=O)O)C(C)(C)[C@@H]1CC3.